The molecule has 1 aliphatic rings. The lowest BCUT2D eigenvalue weighted by atomic mass is 10.1. The van der Waals surface area contributed by atoms with E-state index in [2.05, 4.69) is 10.6 Å². The van der Waals surface area contributed by atoms with Gasteiger partial charge in [0.05, 0.1) is 35.0 Å². The maximum absolute atomic E-state index is 13.0. The van der Waals surface area contributed by atoms with Gasteiger partial charge in [0.15, 0.2) is 0 Å². The van der Waals surface area contributed by atoms with Gasteiger partial charge in [-0.3, -0.25) is 13.9 Å². The minimum absolute atomic E-state index is 0.0101. The molecule has 9 nitrogen and oxygen atoms in total. The highest BCUT2D eigenvalue weighted by molar-refractivity contribution is 7.92. The van der Waals surface area contributed by atoms with Crippen LogP contribution in [0.5, 0.6) is 5.75 Å². The fraction of sp³-hybridized carbons (Fsp3) is 0.259. The minimum atomic E-state index is -3.80. The van der Waals surface area contributed by atoms with E-state index in [4.69, 9.17) is 9.47 Å². The second-order valence-corrected chi connectivity index (χ2v) is 10.5. The van der Waals surface area contributed by atoms with Crippen LogP contribution < -0.4 is 19.7 Å². The third kappa shape index (κ3) is 6.10. The number of rotatable bonds is 9. The molecule has 0 aromatic heterocycles. The molecule has 1 heterocycles. The minimum Gasteiger partial charge on any atom is -0.497 e. The predicted octanol–water partition coefficient (Wildman–Crippen LogP) is 3.68. The fourth-order valence-electron chi connectivity index (χ4n) is 3.96. The van der Waals surface area contributed by atoms with E-state index in [1.54, 1.807) is 48.5 Å². The summed E-state index contributed by atoms with van der Waals surface area (Å²) in [5.41, 5.74) is 1.42. The van der Waals surface area contributed by atoms with Crippen molar-refractivity contribution >= 4 is 33.2 Å². The maximum atomic E-state index is 13.0. The number of hydrogen-bond donors (Lipinski definition) is 2. The van der Waals surface area contributed by atoms with Crippen LogP contribution in [0.15, 0.2) is 77.7 Å². The Balaban J connectivity index is 1.43. The average Bonchev–Trinajstić information content (AvgIpc) is 3.45. The molecule has 4 rings (SSSR count). The summed E-state index contributed by atoms with van der Waals surface area (Å²) in [5.74, 6) is -0.169. The van der Waals surface area contributed by atoms with Gasteiger partial charge in [-0.25, -0.2) is 8.42 Å². The molecule has 0 radical (unpaired) electrons. The van der Waals surface area contributed by atoms with Gasteiger partial charge in [-0.05, 0) is 73.5 Å². The zero-order valence-electron chi connectivity index (χ0n) is 20.6. The summed E-state index contributed by atoms with van der Waals surface area (Å²) in [6.45, 7) is 1.12. The first-order valence-corrected chi connectivity index (χ1v) is 13.3. The smallest absolute Gasteiger partial charge is 0.264 e. The molecule has 1 atom stereocenters. The molecule has 1 fully saturated rings. The second-order valence-electron chi connectivity index (χ2n) is 8.54. The molecule has 0 unspecified atom stereocenters. The van der Waals surface area contributed by atoms with E-state index in [9.17, 15) is 18.0 Å². The van der Waals surface area contributed by atoms with Gasteiger partial charge >= 0.3 is 0 Å². The van der Waals surface area contributed by atoms with Crippen LogP contribution in [-0.4, -0.2) is 53.6 Å². The van der Waals surface area contributed by atoms with Gasteiger partial charge in [0.25, 0.3) is 21.8 Å². The largest absolute Gasteiger partial charge is 0.497 e. The molecule has 2 N–H and O–H groups in total. The van der Waals surface area contributed by atoms with Gasteiger partial charge in [-0.2, -0.15) is 0 Å². The number of methoxy groups -OCH3 is 1. The van der Waals surface area contributed by atoms with Crippen molar-refractivity contribution in [1.29, 1.82) is 0 Å². The maximum Gasteiger partial charge on any atom is 0.264 e. The number of nitrogens with zero attached hydrogens (tertiary/aromatic N) is 1. The zero-order chi connectivity index (χ0) is 26.4. The van der Waals surface area contributed by atoms with Crippen molar-refractivity contribution in [1.82, 2.24) is 5.32 Å². The molecule has 37 heavy (non-hydrogen) atoms. The highest BCUT2D eigenvalue weighted by atomic mass is 32.2. The highest BCUT2D eigenvalue weighted by Crippen LogP contribution is 2.25. The third-order valence-corrected chi connectivity index (χ3v) is 7.94. The van der Waals surface area contributed by atoms with Crippen molar-refractivity contribution in [3.63, 3.8) is 0 Å². The summed E-state index contributed by atoms with van der Waals surface area (Å²) < 4.78 is 37.8. The number of carbonyl (C=O) groups excluding carboxylic acids is 2. The molecule has 0 spiro atoms. The molecule has 0 aliphatic carbocycles. The van der Waals surface area contributed by atoms with E-state index in [0.29, 0.717) is 41.4 Å². The summed E-state index contributed by atoms with van der Waals surface area (Å²) in [7, 11) is -0.850. The molecule has 0 bridgehead atoms. The summed E-state index contributed by atoms with van der Waals surface area (Å²) in [6, 6.07) is 19.0. The molecule has 1 saturated heterocycles. The van der Waals surface area contributed by atoms with Gasteiger partial charge in [0, 0.05) is 25.8 Å². The Kier molecular flexibility index (Phi) is 8.10. The van der Waals surface area contributed by atoms with Crippen LogP contribution in [0.25, 0.3) is 0 Å². The van der Waals surface area contributed by atoms with Gasteiger partial charge in [0.2, 0.25) is 0 Å². The van der Waals surface area contributed by atoms with Gasteiger partial charge in [-0.1, -0.05) is 12.1 Å². The standard InChI is InChI=1S/C27H29N3O6S/c1-30(37(33,34)23-15-13-21(35-2)14-16-23)20-11-9-19(10-12-20)26(31)29-25-8-4-3-7-24(25)27(32)28-18-22-6-5-17-36-22/h3-4,7-16,22H,5-6,17-18H2,1-2H3,(H,28,32)(H,29,31)/t22-/m1/s1. The summed E-state index contributed by atoms with van der Waals surface area (Å²) in [4.78, 5) is 25.7. The van der Waals surface area contributed by atoms with Crippen molar-refractivity contribution in [2.45, 2.75) is 23.8 Å². The lowest BCUT2D eigenvalue weighted by Crippen LogP contribution is -2.32. The number of anilines is 2. The van der Waals surface area contributed by atoms with E-state index in [1.807, 2.05) is 0 Å². The molecule has 0 saturated carbocycles. The van der Waals surface area contributed by atoms with Crippen LogP contribution in [0.3, 0.4) is 0 Å². The first kappa shape index (κ1) is 26.2. The highest BCUT2D eigenvalue weighted by Gasteiger charge is 2.22. The van der Waals surface area contributed by atoms with Gasteiger partial charge in [-0.15, -0.1) is 0 Å². The number of nitrogens with one attached hydrogen (secondary N) is 2. The normalized spacial score (nSPS) is 15.1. The number of sulfonamides is 1. The molecule has 3 aromatic carbocycles. The SMILES string of the molecule is COc1ccc(S(=O)(=O)N(C)c2ccc(C(=O)Nc3ccccc3C(=O)NC[C@H]3CCCO3)cc2)cc1. The Morgan fingerprint density at radius 1 is 1.00 bits per heavy atom. The fourth-order valence-corrected chi connectivity index (χ4v) is 5.15. The Hall–Kier alpha value is -3.89. The van der Waals surface area contributed by atoms with Crippen molar-refractivity contribution in [3.05, 3.63) is 83.9 Å². The van der Waals surface area contributed by atoms with E-state index < -0.39 is 15.9 Å². The van der Waals surface area contributed by atoms with E-state index >= 15 is 0 Å². The summed E-state index contributed by atoms with van der Waals surface area (Å²) in [5, 5.41) is 5.64. The summed E-state index contributed by atoms with van der Waals surface area (Å²) in [6.07, 6.45) is 1.90. The molecular formula is C27H29N3O6S. The molecule has 3 aromatic rings. The molecule has 10 heteroatoms. The second kappa shape index (κ2) is 11.4. The number of benzene rings is 3. The summed E-state index contributed by atoms with van der Waals surface area (Å²) >= 11 is 0. The van der Waals surface area contributed by atoms with Crippen LogP contribution >= 0.6 is 0 Å². The van der Waals surface area contributed by atoms with Crippen LogP contribution in [-0.2, 0) is 14.8 Å². The van der Waals surface area contributed by atoms with Crippen LogP contribution in [0.2, 0.25) is 0 Å². The molecular weight excluding hydrogens is 494 g/mol. The average molecular weight is 524 g/mol. The van der Waals surface area contributed by atoms with E-state index in [1.165, 1.54) is 38.4 Å². The number of ether oxygens (including phenoxy) is 2. The molecule has 194 valence electrons. The quantitative estimate of drug-likeness (QED) is 0.442. The Labute approximate surface area is 216 Å². The number of para-hydroxylation sites is 1. The number of amides is 2. The molecule has 2 amide bonds. The van der Waals surface area contributed by atoms with Gasteiger partial charge in [0.1, 0.15) is 5.75 Å². The van der Waals surface area contributed by atoms with Crippen LogP contribution in [0, 0.1) is 0 Å². The van der Waals surface area contributed by atoms with Crippen molar-refractivity contribution in [2.24, 2.45) is 0 Å². The predicted molar refractivity (Wildman–Crippen MR) is 141 cm³/mol. The van der Waals surface area contributed by atoms with Crippen LogP contribution in [0.4, 0.5) is 11.4 Å². The van der Waals surface area contributed by atoms with Crippen molar-refractivity contribution in [2.75, 3.05) is 36.9 Å². The first-order chi connectivity index (χ1) is 17.8. The van der Waals surface area contributed by atoms with Crippen LogP contribution in [0.1, 0.15) is 33.6 Å². The monoisotopic (exact) mass is 523 g/mol. The van der Waals surface area contributed by atoms with Crippen molar-refractivity contribution < 1.29 is 27.5 Å². The Morgan fingerprint density at radius 2 is 1.70 bits per heavy atom. The first-order valence-electron chi connectivity index (χ1n) is 11.8. The Morgan fingerprint density at radius 3 is 2.35 bits per heavy atom. The number of carbonyl (C=O) groups is 2. The topological polar surface area (TPSA) is 114 Å². The lowest BCUT2D eigenvalue weighted by Gasteiger charge is -2.20. The lowest BCUT2D eigenvalue weighted by molar-refractivity contribution is 0.0858. The zero-order valence-corrected chi connectivity index (χ0v) is 21.5. The third-order valence-electron chi connectivity index (χ3n) is 6.15. The van der Waals surface area contributed by atoms with E-state index in [0.717, 1.165) is 17.1 Å². The molecule has 1 aliphatic heterocycles. The van der Waals surface area contributed by atoms with Gasteiger partial charge < -0.3 is 20.1 Å². The van der Waals surface area contributed by atoms with E-state index in [-0.39, 0.29) is 16.9 Å². The van der Waals surface area contributed by atoms with Crippen molar-refractivity contribution in [3.8, 4) is 5.75 Å². The Bertz CT molecular complexity index is 1350. The number of hydrogen-bond acceptors (Lipinski definition) is 6.